The lowest BCUT2D eigenvalue weighted by Gasteiger charge is -2.20. The van der Waals surface area contributed by atoms with Gasteiger partial charge in [-0.15, -0.1) is 0 Å². The Morgan fingerprint density at radius 3 is 0.572 bits per heavy atom. The molecule has 0 fully saturated rings. The fraction of sp³-hybridized carbons (Fsp3) is 0.0943. The van der Waals surface area contributed by atoms with Crippen molar-refractivity contribution in [2.45, 2.75) is 63.3 Å². The van der Waals surface area contributed by atoms with Gasteiger partial charge >= 0.3 is 49.4 Å². The molecule has 8 aromatic heterocycles. The number of benzene rings is 14. The van der Waals surface area contributed by atoms with Crippen LogP contribution in [0.25, 0.3) is 198 Å². The van der Waals surface area contributed by atoms with E-state index in [1.54, 1.807) is 153 Å². The Morgan fingerprint density at radius 2 is 0.391 bits per heavy atom. The quantitative estimate of drug-likeness (QED) is 0.112. The molecule has 22 aromatic rings. The Morgan fingerprint density at radius 1 is 0.188 bits per heavy atom. The van der Waals surface area contributed by atoms with Gasteiger partial charge in [-0.3, -0.25) is 19.9 Å². The molecule has 0 aliphatic rings. The molecule has 688 valence electrons. The highest BCUT2D eigenvalue weighted by molar-refractivity contribution is 6.25. The highest BCUT2D eigenvalue weighted by Gasteiger charge is 2.40. The number of aryl methyl sites for hydroxylation is 2. The van der Waals surface area contributed by atoms with Crippen molar-refractivity contribution in [3.05, 3.63) is 360 Å². The van der Waals surface area contributed by atoms with Crippen LogP contribution in [0.15, 0.2) is 304 Å². The van der Waals surface area contributed by atoms with Crippen LogP contribution in [0.3, 0.4) is 0 Å². The van der Waals surface area contributed by atoms with Gasteiger partial charge in [0, 0.05) is 125 Å². The van der Waals surface area contributed by atoms with Gasteiger partial charge in [0.1, 0.15) is 0 Å². The maximum absolute atomic E-state index is 14.1. The summed E-state index contributed by atoms with van der Waals surface area (Å²) in [5.41, 5.74) is 1.19. The van der Waals surface area contributed by atoms with Crippen LogP contribution < -0.4 is 0 Å². The van der Waals surface area contributed by atoms with Crippen molar-refractivity contribution in [2.24, 2.45) is 0 Å². The highest BCUT2D eigenvalue weighted by Crippen LogP contribution is 2.53. The summed E-state index contributed by atoms with van der Waals surface area (Å²) in [4.78, 5) is 18.4. The minimum absolute atomic E-state index is 0.0510. The Hall–Kier alpha value is -15.8. The van der Waals surface area contributed by atoms with Gasteiger partial charge in [0.2, 0.25) is 0 Å². The molecule has 0 saturated heterocycles. The van der Waals surface area contributed by atoms with Gasteiger partial charge < -0.3 is 18.3 Å². The number of nitrogens with zero attached hydrogens (tertiary/aromatic N) is 8. The summed E-state index contributed by atoms with van der Waals surface area (Å²) in [6, 6.07) is 58.9. The lowest BCUT2D eigenvalue weighted by atomic mass is 9.86. The smallest absolute Gasteiger partial charge is 0.309 e. The van der Waals surface area contributed by atoms with Crippen LogP contribution in [0, 0.1) is 13.8 Å². The summed E-state index contributed by atoms with van der Waals surface area (Å²) < 4.78 is 345. The van der Waals surface area contributed by atoms with Crippen LogP contribution in [0.2, 0.25) is 0 Å². The van der Waals surface area contributed by atoms with E-state index in [1.807, 2.05) is 38.1 Å². The molecule has 0 spiro atoms. The van der Waals surface area contributed by atoms with Gasteiger partial charge in [0.05, 0.1) is 100 Å². The van der Waals surface area contributed by atoms with E-state index >= 15 is 0 Å². The zero-order valence-corrected chi connectivity index (χ0v) is 70.5. The summed E-state index contributed by atoms with van der Waals surface area (Å²) in [5, 5.41) is 4.33. The molecule has 8 heterocycles. The molecule has 22 rings (SSSR count). The third-order valence-electron chi connectivity index (χ3n) is 25.1. The average molecular weight is 1900 g/mol. The van der Waals surface area contributed by atoms with Crippen LogP contribution >= 0.6 is 0 Å². The number of rotatable bonds is 8. The Balaban J connectivity index is 0.000000165. The van der Waals surface area contributed by atoms with Crippen LogP contribution in [-0.4, -0.2) is 38.2 Å². The van der Waals surface area contributed by atoms with Gasteiger partial charge in [0.15, 0.2) is 0 Å². The van der Waals surface area contributed by atoms with Crippen molar-refractivity contribution >= 4 is 130 Å². The van der Waals surface area contributed by atoms with Gasteiger partial charge in [-0.25, -0.2) is 0 Å². The van der Waals surface area contributed by atoms with Crippen LogP contribution in [0.1, 0.15) is 55.6 Å². The second kappa shape index (κ2) is 31.4. The first-order chi connectivity index (χ1) is 65.3. The number of hydrogen-bond donors (Lipinski definition) is 0. The van der Waals surface area contributed by atoms with Crippen molar-refractivity contribution in [1.82, 2.24) is 38.2 Å². The molecule has 0 aliphatic heterocycles. The SMILES string of the molecule is Cc1ccc(-c2c3ccc(-n4c5ccc(C(F)(F)F)cc5c5cc(C(F)(F)F)ccc54)cc3c(-c3ccc(C)cn3)c3ccc(-n4c5ccc(C(F)(F)F)cc5c5cc(C(F)(F)F)ccc54)cc23)nc1.FC(F)(F)c1ccc2c(c1)c1cc(C(F)(F)F)ccc1n2-c1ccc2c(-c3cccnc3)c3cc(-n4c5ccc(C(F)(F)F)cc5c5cc(C(F)(F)F)ccc54)ccc3c(-c3cccnc3)c2c1. The minimum Gasteiger partial charge on any atom is -0.309 e. The molecule has 0 bridgehead atoms. The minimum atomic E-state index is -4.79. The number of hydrogen-bond acceptors (Lipinski definition) is 4. The summed E-state index contributed by atoms with van der Waals surface area (Å²) in [6.07, 6.45) is -28.6. The maximum Gasteiger partial charge on any atom is 0.416 e. The average Bonchev–Trinajstić information content (AvgIpc) is 1.37. The molecular formula is C106H56F24N8. The van der Waals surface area contributed by atoms with E-state index in [1.165, 1.54) is 48.5 Å². The van der Waals surface area contributed by atoms with Crippen LogP contribution in [0.5, 0.6) is 0 Å². The van der Waals surface area contributed by atoms with Gasteiger partial charge in [-0.1, -0.05) is 48.5 Å². The van der Waals surface area contributed by atoms with Crippen LogP contribution in [-0.2, 0) is 49.4 Å². The largest absolute Gasteiger partial charge is 0.416 e. The summed E-state index contributed by atoms with van der Waals surface area (Å²) in [5.74, 6) is 0. The standard InChI is InChI=1S/C54H30F12N4.C52H26F12N4/c1-27-3-13-43(67-25-27)49-35-11-9-34(70-47-17-7-31(53(61,62)63)21-39(47)40-22-32(54(64,65)66)8-18-48(40)70)24-42(35)50(44-14-4-28(2)26-68-44)36-12-10-33(23-41(36)49)69-45-15-5-29(51(55,56)57)19-37(45)38-20-30(52(58,59)60)6-16-46(38)69;53-49(54,55)29-5-13-43-37(19-29)38-20-30(50(56,57)58)6-14-44(38)67(43)33-10-12-36-41(23-33)47(27-3-1-17-65-25-27)35-11-9-34(24-42(35)48(36)28-4-2-18-66-26-28)68-45-15-7-31(51(59,60)61)21-39(45)40-22-32(52(62,63)64)8-16-46(40)68/h3-26H,1-2H3;1-26H. The number of aromatic nitrogens is 8. The molecule has 14 aromatic carbocycles. The second-order valence-corrected chi connectivity index (χ2v) is 33.5. The van der Waals surface area contributed by atoms with E-state index in [9.17, 15) is 105 Å². The van der Waals surface area contributed by atoms with Crippen LogP contribution in [0.4, 0.5) is 105 Å². The number of pyridine rings is 4. The van der Waals surface area contributed by atoms with Crippen molar-refractivity contribution in [1.29, 1.82) is 0 Å². The molecular weight excluding hydrogens is 1840 g/mol. The molecule has 0 unspecified atom stereocenters. The number of fused-ring (bicyclic) bond motifs is 16. The number of alkyl halides is 24. The Bertz CT molecular complexity index is 8020. The third kappa shape index (κ3) is 15.1. The molecule has 138 heavy (non-hydrogen) atoms. The molecule has 8 nitrogen and oxygen atoms in total. The molecule has 0 aliphatic carbocycles. The van der Waals surface area contributed by atoms with Gasteiger partial charge in [-0.05, 0) is 298 Å². The Kier molecular flexibility index (Phi) is 20.2. The summed E-state index contributed by atoms with van der Waals surface area (Å²) in [7, 11) is 0. The molecule has 0 amide bonds. The predicted octanol–water partition coefficient (Wildman–Crippen LogP) is 33.4. The first-order valence-electron chi connectivity index (χ1n) is 42.0. The van der Waals surface area contributed by atoms with E-state index in [0.717, 1.165) is 108 Å². The van der Waals surface area contributed by atoms with E-state index in [0.29, 0.717) is 111 Å². The Labute approximate surface area is 760 Å². The molecule has 0 atom stereocenters. The maximum atomic E-state index is 14.1. The molecule has 0 saturated carbocycles. The van der Waals surface area contributed by atoms with Gasteiger partial charge in [0.25, 0.3) is 0 Å². The van der Waals surface area contributed by atoms with E-state index in [-0.39, 0.29) is 87.2 Å². The van der Waals surface area contributed by atoms with E-state index < -0.39 is 93.9 Å². The normalized spacial score (nSPS) is 13.0. The topological polar surface area (TPSA) is 71.3 Å². The molecule has 0 radical (unpaired) electrons. The van der Waals surface area contributed by atoms with Gasteiger partial charge in [-0.2, -0.15) is 105 Å². The lowest BCUT2D eigenvalue weighted by molar-refractivity contribution is -0.138. The van der Waals surface area contributed by atoms with E-state index in [2.05, 4.69) is 9.97 Å². The summed E-state index contributed by atoms with van der Waals surface area (Å²) >= 11 is 0. The summed E-state index contributed by atoms with van der Waals surface area (Å²) in [6.45, 7) is 3.70. The fourth-order valence-electron chi connectivity index (χ4n) is 19.0. The first kappa shape index (κ1) is 88.8. The zero-order chi connectivity index (χ0) is 97.1. The second-order valence-electron chi connectivity index (χ2n) is 33.5. The first-order valence-corrected chi connectivity index (χ1v) is 42.0. The zero-order valence-electron chi connectivity index (χ0n) is 70.5. The molecule has 32 heteroatoms. The predicted molar refractivity (Wildman–Crippen MR) is 483 cm³/mol. The van der Waals surface area contributed by atoms with Crippen molar-refractivity contribution in [3.63, 3.8) is 0 Å². The van der Waals surface area contributed by atoms with E-state index in [4.69, 9.17) is 9.97 Å². The third-order valence-corrected chi connectivity index (χ3v) is 25.1. The lowest BCUT2D eigenvalue weighted by Crippen LogP contribution is -2.04. The van der Waals surface area contributed by atoms with Crippen molar-refractivity contribution < 1.29 is 105 Å². The van der Waals surface area contributed by atoms with Crippen molar-refractivity contribution in [3.8, 4) is 67.5 Å². The fourth-order valence-corrected chi connectivity index (χ4v) is 19.0. The van der Waals surface area contributed by atoms with Crippen molar-refractivity contribution in [2.75, 3.05) is 0 Å². The highest BCUT2D eigenvalue weighted by atomic mass is 19.4. The monoisotopic (exact) mass is 1900 g/mol. The number of halogens is 24. The molecule has 0 N–H and O–H groups in total.